The maximum Gasteiger partial charge on any atom is 0.245 e. The second-order valence-electron chi connectivity index (χ2n) is 5.12. The van der Waals surface area contributed by atoms with Gasteiger partial charge in [0.15, 0.2) is 5.65 Å². The molecule has 1 unspecified atom stereocenters. The summed E-state index contributed by atoms with van der Waals surface area (Å²) < 4.78 is 1.83. The fourth-order valence-electron chi connectivity index (χ4n) is 2.47. The first-order valence-corrected chi connectivity index (χ1v) is 6.45. The van der Waals surface area contributed by atoms with Crippen LogP contribution >= 0.6 is 0 Å². The summed E-state index contributed by atoms with van der Waals surface area (Å²) in [5.41, 5.74) is 7.93. The lowest BCUT2D eigenvalue weighted by Gasteiger charge is -2.25. The first-order valence-electron chi connectivity index (χ1n) is 6.45. The summed E-state index contributed by atoms with van der Waals surface area (Å²) in [6.45, 7) is 2.71. The monoisotopic (exact) mass is 245 g/mol. The van der Waals surface area contributed by atoms with Gasteiger partial charge >= 0.3 is 0 Å². The predicted molar refractivity (Wildman–Crippen MR) is 71.7 cm³/mol. The number of pyridine rings is 1. The van der Waals surface area contributed by atoms with Crippen molar-refractivity contribution in [2.45, 2.75) is 25.8 Å². The van der Waals surface area contributed by atoms with Gasteiger partial charge in [-0.25, -0.2) is 4.52 Å². The van der Waals surface area contributed by atoms with Gasteiger partial charge in [-0.2, -0.15) is 4.98 Å². The Hall–Kier alpha value is -1.62. The van der Waals surface area contributed by atoms with Gasteiger partial charge in [-0.15, -0.1) is 5.10 Å². The highest BCUT2D eigenvalue weighted by molar-refractivity contribution is 5.50. The van der Waals surface area contributed by atoms with Gasteiger partial charge in [-0.1, -0.05) is 6.07 Å². The van der Waals surface area contributed by atoms with Crippen LogP contribution in [0, 0.1) is 12.8 Å². The van der Waals surface area contributed by atoms with Crippen molar-refractivity contribution >= 4 is 11.6 Å². The molecule has 1 aliphatic rings. The Morgan fingerprint density at radius 3 is 2.94 bits per heavy atom. The summed E-state index contributed by atoms with van der Waals surface area (Å²) in [4.78, 5) is 6.74. The third-order valence-corrected chi connectivity index (χ3v) is 3.77. The van der Waals surface area contributed by atoms with Crippen LogP contribution in [-0.2, 0) is 0 Å². The number of aryl methyl sites for hydroxylation is 1. The molecule has 96 valence electrons. The molecule has 2 aromatic rings. The number of aromatic nitrogens is 3. The minimum Gasteiger partial charge on any atom is -0.338 e. The van der Waals surface area contributed by atoms with Crippen LogP contribution in [0.2, 0.25) is 0 Å². The van der Waals surface area contributed by atoms with Gasteiger partial charge in [-0.3, -0.25) is 0 Å². The molecule has 0 spiro atoms. The Kier molecular flexibility index (Phi) is 2.70. The van der Waals surface area contributed by atoms with Crippen LogP contribution in [0.25, 0.3) is 5.65 Å². The van der Waals surface area contributed by atoms with Gasteiger partial charge in [0, 0.05) is 25.8 Å². The summed E-state index contributed by atoms with van der Waals surface area (Å²) in [6, 6.07) is 4.40. The smallest absolute Gasteiger partial charge is 0.245 e. The van der Waals surface area contributed by atoms with E-state index in [-0.39, 0.29) is 0 Å². The number of anilines is 1. The highest BCUT2D eigenvalue weighted by Crippen LogP contribution is 2.35. The van der Waals surface area contributed by atoms with Crippen LogP contribution in [0.1, 0.15) is 18.4 Å². The Morgan fingerprint density at radius 1 is 1.56 bits per heavy atom. The van der Waals surface area contributed by atoms with Gasteiger partial charge in [0.2, 0.25) is 5.95 Å². The van der Waals surface area contributed by atoms with Crippen molar-refractivity contribution in [1.82, 2.24) is 14.6 Å². The molecule has 0 aliphatic heterocycles. The third kappa shape index (κ3) is 1.84. The summed E-state index contributed by atoms with van der Waals surface area (Å²) in [7, 11) is 2.04. The van der Waals surface area contributed by atoms with Crippen LogP contribution in [0.15, 0.2) is 18.3 Å². The summed E-state index contributed by atoms with van der Waals surface area (Å²) in [5.74, 6) is 1.49. The number of hydrogen-bond donors (Lipinski definition) is 1. The van der Waals surface area contributed by atoms with Gasteiger partial charge in [0.05, 0.1) is 0 Å². The highest BCUT2D eigenvalue weighted by atomic mass is 15.4. The minimum atomic E-state index is 0.364. The molecule has 1 aliphatic carbocycles. The first kappa shape index (κ1) is 11.5. The number of fused-ring (bicyclic) bond motifs is 1. The Bertz CT molecular complexity index is 558. The van der Waals surface area contributed by atoms with E-state index in [1.54, 1.807) is 0 Å². The second-order valence-corrected chi connectivity index (χ2v) is 5.12. The highest BCUT2D eigenvalue weighted by Gasteiger charge is 2.34. The Morgan fingerprint density at radius 2 is 2.33 bits per heavy atom. The van der Waals surface area contributed by atoms with Crippen LogP contribution in [0.4, 0.5) is 5.95 Å². The van der Waals surface area contributed by atoms with Crippen molar-refractivity contribution in [1.29, 1.82) is 0 Å². The fraction of sp³-hybridized carbons (Fsp3) is 0.538. The number of nitrogens with two attached hydrogens (primary N) is 1. The van der Waals surface area contributed by atoms with Crippen LogP contribution in [0.5, 0.6) is 0 Å². The molecule has 2 aromatic heterocycles. The molecule has 1 atom stereocenters. The summed E-state index contributed by atoms with van der Waals surface area (Å²) in [5, 5.41) is 4.53. The number of rotatable bonds is 4. The zero-order chi connectivity index (χ0) is 12.7. The third-order valence-electron chi connectivity index (χ3n) is 3.77. The van der Waals surface area contributed by atoms with E-state index in [0.717, 1.165) is 17.2 Å². The summed E-state index contributed by atoms with van der Waals surface area (Å²) in [6.07, 6.45) is 4.48. The van der Waals surface area contributed by atoms with Crippen molar-refractivity contribution in [2.24, 2.45) is 11.7 Å². The average molecular weight is 245 g/mol. The molecule has 18 heavy (non-hydrogen) atoms. The standard InChI is InChI=1S/C13H19N5/c1-9-4-3-7-18-12(9)15-13(16-18)17(2)11(8-14)10-5-6-10/h3-4,7,10-11H,5-6,8,14H2,1-2H3. The molecule has 0 amide bonds. The Labute approximate surface area is 107 Å². The maximum absolute atomic E-state index is 5.87. The number of likely N-dealkylation sites (N-methyl/N-ethyl adjacent to an activating group) is 1. The van der Waals surface area contributed by atoms with Crippen molar-refractivity contribution in [3.05, 3.63) is 23.9 Å². The van der Waals surface area contributed by atoms with Crippen molar-refractivity contribution in [2.75, 3.05) is 18.5 Å². The molecule has 2 N–H and O–H groups in total. The van der Waals surface area contributed by atoms with Crippen molar-refractivity contribution < 1.29 is 0 Å². The van der Waals surface area contributed by atoms with Gasteiger partial charge < -0.3 is 10.6 Å². The topological polar surface area (TPSA) is 59.5 Å². The lowest BCUT2D eigenvalue weighted by Crippen LogP contribution is -2.40. The average Bonchev–Trinajstić information content (AvgIpc) is 3.08. The van der Waals surface area contributed by atoms with Gasteiger partial charge in [0.25, 0.3) is 0 Å². The van der Waals surface area contributed by atoms with E-state index in [0.29, 0.717) is 18.5 Å². The number of nitrogens with zero attached hydrogens (tertiary/aromatic N) is 4. The minimum absolute atomic E-state index is 0.364. The number of hydrogen-bond acceptors (Lipinski definition) is 4. The molecule has 5 nitrogen and oxygen atoms in total. The normalized spacial score (nSPS) is 17.1. The van der Waals surface area contributed by atoms with Crippen molar-refractivity contribution in [3.63, 3.8) is 0 Å². The van der Waals surface area contributed by atoms with Crippen LogP contribution < -0.4 is 10.6 Å². The molecule has 0 aromatic carbocycles. The van der Waals surface area contributed by atoms with Gasteiger partial charge in [0.1, 0.15) is 0 Å². The lowest BCUT2D eigenvalue weighted by molar-refractivity contribution is 0.561. The maximum atomic E-state index is 5.87. The zero-order valence-corrected chi connectivity index (χ0v) is 10.9. The van der Waals surface area contributed by atoms with Crippen LogP contribution in [-0.4, -0.2) is 34.2 Å². The van der Waals surface area contributed by atoms with E-state index in [2.05, 4.69) is 28.0 Å². The van der Waals surface area contributed by atoms with Crippen LogP contribution in [0.3, 0.4) is 0 Å². The summed E-state index contributed by atoms with van der Waals surface area (Å²) >= 11 is 0. The molecule has 1 fully saturated rings. The lowest BCUT2D eigenvalue weighted by atomic mass is 10.2. The van der Waals surface area contributed by atoms with E-state index in [4.69, 9.17) is 5.73 Å². The second kappa shape index (κ2) is 4.24. The molecule has 0 saturated heterocycles. The molecule has 2 heterocycles. The molecule has 1 saturated carbocycles. The van der Waals surface area contributed by atoms with E-state index in [1.807, 2.05) is 23.8 Å². The molecule has 0 radical (unpaired) electrons. The predicted octanol–water partition coefficient (Wildman–Crippen LogP) is 1.21. The molecular formula is C13H19N5. The largest absolute Gasteiger partial charge is 0.338 e. The quantitative estimate of drug-likeness (QED) is 0.879. The molecule has 5 heteroatoms. The molecular weight excluding hydrogens is 226 g/mol. The Balaban J connectivity index is 1.95. The van der Waals surface area contributed by atoms with E-state index >= 15 is 0 Å². The molecule has 3 rings (SSSR count). The van der Waals surface area contributed by atoms with E-state index in [9.17, 15) is 0 Å². The van der Waals surface area contributed by atoms with E-state index < -0.39 is 0 Å². The SMILES string of the molecule is Cc1cccn2nc(N(C)C(CN)C3CC3)nc12. The first-order chi connectivity index (χ1) is 8.70. The van der Waals surface area contributed by atoms with Gasteiger partial charge in [-0.05, 0) is 37.3 Å². The fourth-order valence-corrected chi connectivity index (χ4v) is 2.47. The van der Waals surface area contributed by atoms with Crippen molar-refractivity contribution in [3.8, 4) is 0 Å². The van der Waals surface area contributed by atoms with E-state index in [1.165, 1.54) is 12.8 Å². The molecule has 0 bridgehead atoms. The zero-order valence-electron chi connectivity index (χ0n) is 10.9.